The van der Waals surface area contributed by atoms with Gasteiger partial charge in [-0.2, -0.15) is 0 Å². The lowest BCUT2D eigenvalue weighted by Crippen LogP contribution is -2.46. The maximum Gasteiger partial charge on any atom is 0.264 e. The molecule has 2 saturated heterocycles. The van der Waals surface area contributed by atoms with Gasteiger partial charge in [0.1, 0.15) is 0 Å². The summed E-state index contributed by atoms with van der Waals surface area (Å²) in [6.07, 6.45) is 5.81. The van der Waals surface area contributed by atoms with Gasteiger partial charge in [0.05, 0.1) is 23.5 Å². The van der Waals surface area contributed by atoms with Crippen molar-refractivity contribution in [2.24, 2.45) is 5.92 Å². The molecule has 2 fully saturated rings. The maximum atomic E-state index is 14.2. The molecule has 4 heterocycles. The number of hydrogen-bond acceptors (Lipinski definition) is 8. The summed E-state index contributed by atoms with van der Waals surface area (Å²) in [7, 11) is -2.81. The van der Waals surface area contributed by atoms with Crippen molar-refractivity contribution in [2.45, 2.75) is 75.5 Å². The van der Waals surface area contributed by atoms with E-state index in [-0.39, 0.29) is 35.9 Å². The van der Waals surface area contributed by atoms with Crippen LogP contribution in [0.25, 0.3) is 0 Å². The third-order valence-corrected chi connectivity index (χ3v) is 11.0. The summed E-state index contributed by atoms with van der Waals surface area (Å²) in [5.74, 6) is -0.576. The summed E-state index contributed by atoms with van der Waals surface area (Å²) in [6, 6.07) is 5.32. The highest BCUT2D eigenvalue weighted by Crippen LogP contribution is 2.60. The summed E-state index contributed by atoms with van der Waals surface area (Å²) < 4.78 is 8.55. The van der Waals surface area contributed by atoms with Gasteiger partial charge in [-0.3, -0.25) is 14.3 Å². The number of aromatic nitrogens is 3. The van der Waals surface area contributed by atoms with Gasteiger partial charge in [-0.15, -0.1) is 11.7 Å². The van der Waals surface area contributed by atoms with Crippen molar-refractivity contribution in [3.8, 4) is 0 Å². The van der Waals surface area contributed by atoms with Gasteiger partial charge in [0, 0.05) is 55.0 Å². The minimum atomic E-state index is -2.81. The van der Waals surface area contributed by atoms with Crippen LogP contribution in [0.4, 0.5) is 11.4 Å². The number of carbonyl (C=O) groups excluding carboxylic acids is 2. The number of rotatable bonds is 10. The molecule has 5 rings (SSSR count). The smallest absolute Gasteiger partial charge is 0.264 e. The molecule has 2 aromatic rings. The number of amides is 2. The van der Waals surface area contributed by atoms with Crippen molar-refractivity contribution < 1.29 is 24.2 Å². The molecule has 3 aliphatic heterocycles. The Hall–Kier alpha value is -2.90. The summed E-state index contributed by atoms with van der Waals surface area (Å²) in [6.45, 7) is 11.3. The Morgan fingerprint density at radius 2 is 2.20 bits per heavy atom. The first kappa shape index (κ1) is 28.6. The summed E-state index contributed by atoms with van der Waals surface area (Å²) in [5, 5.41) is 23.7. The number of carbonyl (C=O) groups is 2. The number of aryl methyl sites for hydroxylation is 1. The van der Waals surface area contributed by atoms with Gasteiger partial charge in [0.2, 0.25) is 5.91 Å². The zero-order valence-electron chi connectivity index (χ0n) is 23.5. The van der Waals surface area contributed by atoms with E-state index in [1.165, 1.54) is 0 Å². The van der Waals surface area contributed by atoms with Crippen molar-refractivity contribution >= 4 is 31.5 Å². The molecule has 1 aromatic heterocycles. The molecule has 0 aliphatic carbocycles. The molecule has 4 N–H and O–H groups in total. The monoisotopic (exact) mass is 568 g/mol. The van der Waals surface area contributed by atoms with Crippen LogP contribution in [-0.2, 0) is 32.9 Å². The first-order valence-corrected chi connectivity index (χ1v) is 17.1. The highest BCUT2D eigenvalue weighted by Gasteiger charge is 2.66. The Labute approximate surface area is 235 Å². The standard InChI is InChI=1S/C28H40N6O5Si/c1-5-13-34-23-9-8-19(30-26(36)22-7-6-12-29-22)16-21(23)28(27(34)37)18(2)25(40(3,4)38)24(39-28)10-14-33-17-20(11-15-35)31-32-33/h5,8-9,16-18,22,24-25,29,35,38H,1,6-7,10-15H2,2-4H3,(H,30,36)/t18-,22+,24+,25-,28+/m0/s1. The molecular formula is C28H40N6O5Si. The number of nitrogens with zero attached hydrogens (tertiary/aromatic N) is 4. The number of hydrogen-bond donors (Lipinski definition) is 4. The van der Waals surface area contributed by atoms with Gasteiger partial charge < -0.3 is 30.2 Å². The molecule has 1 aromatic carbocycles. The van der Waals surface area contributed by atoms with Crippen LogP contribution in [0.3, 0.4) is 0 Å². The zero-order valence-corrected chi connectivity index (χ0v) is 24.5. The van der Waals surface area contributed by atoms with Crippen molar-refractivity contribution in [1.29, 1.82) is 0 Å². The maximum absolute atomic E-state index is 14.2. The lowest BCUT2D eigenvalue weighted by Gasteiger charge is -2.32. The van der Waals surface area contributed by atoms with E-state index in [1.54, 1.807) is 21.9 Å². The Morgan fingerprint density at radius 3 is 2.88 bits per heavy atom. The number of ether oxygens (including phenoxy) is 1. The predicted octanol–water partition coefficient (Wildman–Crippen LogP) is 1.92. The third kappa shape index (κ3) is 5.03. The molecule has 0 radical (unpaired) electrons. The number of fused-ring (bicyclic) bond motifs is 2. The lowest BCUT2D eigenvalue weighted by molar-refractivity contribution is -0.145. The Kier molecular flexibility index (Phi) is 7.99. The molecule has 3 aliphatic rings. The molecule has 0 saturated carbocycles. The van der Waals surface area contributed by atoms with Gasteiger partial charge >= 0.3 is 0 Å². The molecule has 216 valence electrons. The van der Waals surface area contributed by atoms with E-state index < -0.39 is 20.0 Å². The Bertz CT molecular complexity index is 1270. The fourth-order valence-corrected chi connectivity index (χ4v) is 9.41. The fraction of sp³-hybridized carbons (Fsp3) is 0.571. The van der Waals surface area contributed by atoms with Crippen molar-refractivity contribution in [3.63, 3.8) is 0 Å². The predicted molar refractivity (Wildman–Crippen MR) is 153 cm³/mol. The Morgan fingerprint density at radius 1 is 1.40 bits per heavy atom. The van der Waals surface area contributed by atoms with Gasteiger partial charge in [0.25, 0.3) is 5.91 Å². The second-order valence-corrected chi connectivity index (χ2v) is 15.6. The summed E-state index contributed by atoms with van der Waals surface area (Å²) in [4.78, 5) is 40.3. The van der Waals surface area contributed by atoms with Crippen LogP contribution in [0.15, 0.2) is 37.1 Å². The number of anilines is 2. The fourth-order valence-electron chi connectivity index (χ4n) is 6.81. The van der Waals surface area contributed by atoms with Gasteiger partial charge in [-0.25, -0.2) is 0 Å². The number of benzene rings is 1. The number of nitrogens with one attached hydrogen (secondary N) is 2. The highest BCUT2D eigenvalue weighted by molar-refractivity contribution is 6.71. The minimum Gasteiger partial charge on any atom is -0.432 e. The molecule has 0 unspecified atom stereocenters. The van der Waals surface area contributed by atoms with Crippen molar-refractivity contribution in [1.82, 2.24) is 20.3 Å². The van der Waals surface area contributed by atoms with Crippen LogP contribution in [0.5, 0.6) is 0 Å². The van der Waals surface area contributed by atoms with E-state index in [1.807, 2.05) is 38.2 Å². The number of aliphatic hydroxyl groups is 1. The van der Waals surface area contributed by atoms with Crippen LogP contribution in [0.2, 0.25) is 18.6 Å². The van der Waals surface area contributed by atoms with Crippen LogP contribution >= 0.6 is 0 Å². The van der Waals surface area contributed by atoms with Crippen molar-refractivity contribution in [2.75, 3.05) is 29.9 Å². The van der Waals surface area contributed by atoms with E-state index in [0.717, 1.165) is 25.1 Å². The largest absolute Gasteiger partial charge is 0.432 e. The van der Waals surface area contributed by atoms with E-state index in [4.69, 9.17) is 4.74 Å². The molecule has 5 atom stereocenters. The lowest BCUT2D eigenvalue weighted by atomic mass is 9.82. The topological polar surface area (TPSA) is 142 Å². The van der Waals surface area contributed by atoms with Crippen LogP contribution in [0.1, 0.15) is 37.4 Å². The summed E-state index contributed by atoms with van der Waals surface area (Å²) in [5.41, 5.74) is 1.23. The highest BCUT2D eigenvalue weighted by atomic mass is 28.4. The molecule has 0 bridgehead atoms. The van der Waals surface area contributed by atoms with Crippen LogP contribution in [-0.4, -0.2) is 76.9 Å². The average Bonchev–Trinajstić information content (AvgIpc) is 3.68. The van der Waals surface area contributed by atoms with Crippen LogP contribution in [0, 0.1) is 5.92 Å². The molecule has 40 heavy (non-hydrogen) atoms. The van der Waals surface area contributed by atoms with E-state index in [9.17, 15) is 19.5 Å². The zero-order chi connectivity index (χ0) is 28.7. The molecule has 11 nitrogen and oxygen atoms in total. The third-order valence-electron chi connectivity index (χ3n) is 8.54. The summed E-state index contributed by atoms with van der Waals surface area (Å²) >= 11 is 0. The van der Waals surface area contributed by atoms with E-state index in [0.29, 0.717) is 42.9 Å². The first-order valence-electron chi connectivity index (χ1n) is 14.1. The minimum absolute atomic E-state index is 0.000814. The second kappa shape index (κ2) is 11.2. The quantitative estimate of drug-likeness (QED) is 0.252. The first-order chi connectivity index (χ1) is 19.1. The average molecular weight is 569 g/mol. The Balaban J connectivity index is 1.49. The molecular weight excluding hydrogens is 528 g/mol. The van der Waals surface area contributed by atoms with E-state index >= 15 is 0 Å². The normalized spacial score (nSPS) is 27.9. The van der Waals surface area contributed by atoms with E-state index in [2.05, 4.69) is 27.5 Å². The molecule has 12 heteroatoms. The van der Waals surface area contributed by atoms with Gasteiger partial charge in [0.15, 0.2) is 13.9 Å². The SMILES string of the molecule is C=CCN1C(=O)[C@]2(O[C@H](CCn3cc(CCO)nn3)[C@@H]([Si](C)(C)O)[C@@H]2C)c2cc(NC(=O)[C@H]3CCCN3)ccc21. The second-order valence-electron chi connectivity index (χ2n) is 11.7. The molecule has 2 amide bonds. The van der Waals surface area contributed by atoms with Crippen LogP contribution < -0.4 is 15.5 Å². The van der Waals surface area contributed by atoms with Gasteiger partial charge in [-0.05, 0) is 57.1 Å². The number of aliphatic hydroxyl groups excluding tert-OH is 1. The van der Waals surface area contributed by atoms with Crippen molar-refractivity contribution in [3.05, 3.63) is 48.3 Å². The molecule has 1 spiro atoms. The van der Waals surface area contributed by atoms with Gasteiger partial charge in [-0.1, -0.05) is 18.2 Å².